The topological polar surface area (TPSA) is 59.1 Å². The van der Waals surface area contributed by atoms with Gasteiger partial charge in [0.15, 0.2) is 0 Å². The van der Waals surface area contributed by atoms with Crippen molar-refractivity contribution in [3.8, 4) is 0 Å². The fourth-order valence-corrected chi connectivity index (χ4v) is 3.36. The van der Waals surface area contributed by atoms with Crippen LogP contribution in [0.4, 0.5) is 0 Å². The summed E-state index contributed by atoms with van der Waals surface area (Å²) in [6.07, 6.45) is 3.27. The van der Waals surface area contributed by atoms with E-state index in [4.69, 9.17) is 11.6 Å². The van der Waals surface area contributed by atoms with Crippen LogP contribution in [-0.4, -0.2) is 13.4 Å². The highest BCUT2D eigenvalue weighted by Crippen LogP contribution is 2.23. The van der Waals surface area contributed by atoms with E-state index in [1.807, 2.05) is 0 Å². The predicted octanol–water partition coefficient (Wildman–Crippen LogP) is 2.95. The summed E-state index contributed by atoms with van der Waals surface area (Å²) in [5.41, 5.74) is 0.103. The lowest BCUT2D eigenvalue weighted by Gasteiger charge is -2.26. The minimum atomic E-state index is -3.61. The summed E-state index contributed by atoms with van der Waals surface area (Å²) in [5.74, 6) is 0. The van der Waals surface area contributed by atoms with Crippen molar-refractivity contribution in [2.75, 3.05) is 0 Å². The van der Waals surface area contributed by atoms with Crippen molar-refractivity contribution < 1.29 is 8.42 Å². The second-order valence-electron chi connectivity index (χ2n) is 4.92. The van der Waals surface area contributed by atoms with Crippen molar-refractivity contribution in [2.24, 2.45) is 0 Å². The van der Waals surface area contributed by atoms with Gasteiger partial charge < -0.3 is 0 Å². The monoisotopic (exact) mass is 310 g/mol. The fourth-order valence-electron chi connectivity index (χ4n) is 1.84. The van der Waals surface area contributed by atoms with E-state index in [-0.39, 0.29) is 4.90 Å². The summed E-state index contributed by atoms with van der Waals surface area (Å²) in [6.45, 7) is 3.60. The van der Waals surface area contributed by atoms with Crippen LogP contribution in [0.3, 0.4) is 0 Å². The van der Waals surface area contributed by atoms with Crippen LogP contribution in [0.2, 0.25) is 5.02 Å². The third-order valence-electron chi connectivity index (χ3n) is 2.92. The first-order valence-corrected chi connectivity index (χ1v) is 7.87. The maximum absolute atomic E-state index is 12.4. The second kappa shape index (κ2) is 5.52. The third-order valence-corrected chi connectivity index (χ3v) is 4.84. The molecule has 20 heavy (non-hydrogen) atoms. The molecule has 0 saturated carbocycles. The highest BCUT2D eigenvalue weighted by atomic mass is 35.5. The number of sulfonamides is 1. The van der Waals surface area contributed by atoms with E-state index in [0.717, 1.165) is 5.56 Å². The summed E-state index contributed by atoms with van der Waals surface area (Å²) >= 11 is 5.77. The molecule has 0 bridgehead atoms. The number of halogens is 1. The smallest absolute Gasteiger partial charge is 0.241 e. The van der Waals surface area contributed by atoms with Crippen LogP contribution in [0.25, 0.3) is 0 Å². The molecule has 1 aromatic carbocycles. The molecule has 106 valence electrons. The summed E-state index contributed by atoms with van der Waals surface area (Å²) in [7, 11) is -3.61. The Hall–Kier alpha value is -1.43. The molecule has 2 aromatic rings. The van der Waals surface area contributed by atoms with Gasteiger partial charge in [0, 0.05) is 17.4 Å². The van der Waals surface area contributed by atoms with E-state index in [1.165, 1.54) is 12.1 Å². The molecule has 1 heterocycles. The van der Waals surface area contributed by atoms with Gasteiger partial charge in [-0.15, -0.1) is 0 Å². The third kappa shape index (κ3) is 3.36. The zero-order valence-electron chi connectivity index (χ0n) is 11.2. The lowest BCUT2D eigenvalue weighted by atomic mass is 9.97. The van der Waals surface area contributed by atoms with Crippen LogP contribution in [0, 0.1) is 0 Å². The van der Waals surface area contributed by atoms with Crippen LogP contribution in [0.5, 0.6) is 0 Å². The quantitative estimate of drug-likeness (QED) is 0.944. The standard InChI is InChI=1S/C14H15ClN2O2S/c1-14(2,11-7-9-16-10-8-11)17-20(18,19)13-5-3-12(15)4-6-13/h3-10,17H,1-2H3. The molecule has 4 nitrogen and oxygen atoms in total. The molecule has 1 N–H and O–H groups in total. The molecule has 0 aliphatic carbocycles. The van der Waals surface area contributed by atoms with Crippen molar-refractivity contribution in [3.05, 3.63) is 59.4 Å². The lowest BCUT2D eigenvalue weighted by Crippen LogP contribution is -2.40. The minimum absolute atomic E-state index is 0.184. The Labute approximate surface area is 123 Å². The summed E-state index contributed by atoms with van der Waals surface area (Å²) in [4.78, 5) is 4.12. The van der Waals surface area contributed by atoms with Crippen molar-refractivity contribution in [3.63, 3.8) is 0 Å². The van der Waals surface area contributed by atoms with Gasteiger partial charge in [0.2, 0.25) is 10.0 Å². The van der Waals surface area contributed by atoms with E-state index in [2.05, 4.69) is 9.71 Å². The number of hydrogen-bond donors (Lipinski definition) is 1. The van der Waals surface area contributed by atoms with Gasteiger partial charge in [-0.3, -0.25) is 4.98 Å². The molecule has 1 aromatic heterocycles. The molecule has 2 rings (SSSR count). The normalized spacial score (nSPS) is 12.3. The number of nitrogens with one attached hydrogen (secondary N) is 1. The van der Waals surface area contributed by atoms with E-state index < -0.39 is 15.6 Å². The number of benzene rings is 1. The molecule has 0 saturated heterocycles. The maximum atomic E-state index is 12.4. The maximum Gasteiger partial charge on any atom is 0.241 e. The first-order chi connectivity index (χ1) is 9.31. The molecule has 0 aliphatic heterocycles. The summed E-state index contributed by atoms with van der Waals surface area (Å²) in [6, 6.07) is 9.63. The molecule has 0 amide bonds. The summed E-state index contributed by atoms with van der Waals surface area (Å²) < 4.78 is 27.4. The van der Waals surface area contributed by atoms with Crippen LogP contribution >= 0.6 is 11.6 Å². The highest BCUT2D eigenvalue weighted by molar-refractivity contribution is 7.89. The molecule has 0 aliphatic rings. The highest BCUT2D eigenvalue weighted by Gasteiger charge is 2.27. The Kier molecular flexibility index (Phi) is 4.13. The molecule has 0 fully saturated rings. The average molecular weight is 311 g/mol. The van der Waals surface area contributed by atoms with Crippen LogP contribution in [0.1, 0.15) is 19.4 Å². The molecule has 0 radical (unpaired) electrons. The number of hydrogen-bond acceptors (Lipinski definition) is 3. The minimum Gasteiger partial charge on any atom is -0.265 e. The predicted molar refractivity (Wildman–Crippen MR) is 79.0 cm³/mol. The summed E-state index contributed by atoms with van der Waals surface area (Å²) in [5, 5.41) is 0.498. The van der Waals surface area contributed by atoms with E-state index in [9.17, 15) is 8.42 Å². The largest absolute Gasteiger partial charge is 0.265 e. The Bertz CT molecular complexity index is 683. The number of rotatable bonds is 4. The molecular formula is C14H15ClN2O2S. The Morgan fingerprint density at radius 1 is 1.05 bits per heavy atom. The Balaban J connectivity index is 2.30. The van der Waals surface area contributed by atoms with Gasteiger partial charge in [0.25, 0.3) is 0 Å². The van der Waals surface area contributed by atoms with Gasteiger partial charge in [-0.2, -0.15) is 0 Å². The first-order valence-electron chi connectivity index (χ1n) is 6.01. The SMILES string of the molecule is CC(C)(NS(=O)(=O)c1ccc(Cl)cc1)c1ccncc1. The fraction of sp³-hybridized carbons (Fsp3) is 0.214. The van der Waals surface area contributed by atoms with Crippen molar-refractivity contribution >= 4 is 21.6 Å². The van der Waals surface area contributed by atoms with E-state index in [1.54, 1.807) is 50.5 Å². The number of nitrogens with zero attached hydrogens (tertiary/aromatic N) is 1. The average Bonchev–Trinajstić information content (AvgIpc) is 2.39. The van der Waals surface area contributed by atoms with E-state index in [0.29, 0.717) is 5.02 Å². The molecule has 6 heteroatoms. The van der Waals surface area contributed by atoms with Crippen LogP contribution in [-0.2, 0) is 15.6 Å². The molecule has 0 unspecified atom stereocenters. The zero-order chi connectivity index (χ0) is 14.8. The van der Waals surface area contributed by atoms with Crippen molar-refractivity contribution in [1.82, 2.24) is 9.71 Å². The van der Waals surface area contributed by atoms with Gasteiger partial charge in [-0.25, -0.2) is 13.1 Å². The molecular weight excluding hydrogens is 296 g/mol. The second-order valence-corrected chi connectivity index (χ2v) is 7.04. The molecule has 0 spiro atoms. The number of aromatic nitrogens is 1. The molecule has 0 atom stereocenters. The van der Waals surface area contributed by atoms with Gasteiger partial charge in [0.05, 0.1) is 10.4 Å². The van der Waals surface area contributed by atoms with Crippen LogP contribution in [0.15, 0.2) is 53.7 Å². The Morgan fingerprint density at radius 3 is 2.15 bits per heavy atom. The van der Waals surface area contributed by atoms with Gasteiger partial charge >= 0.3 is 0 Å². The van der Waals surface area contributed by atoms with Gasteiger partial charge in [0.1, 0.15) is 0 Å². The van der Waals surface area contributed by atoms with Crippen molar-refractivity contribution in [2.45, 2.75) is 24.3 Å². The lowest BCUT2D eigenvalue weighted by molar-refractivity contribution is 0.471. The zero-order valence-corrected chi connectivity index (χ0v) is 12.7. The van der Waals surface area contributed by atoms with Crippen molar-refractivity contribution in [1.29, 1.82) is 0 Å². The van der Waals surface area contributed by atoms with Crippen LogP contribution < -0.4 is 4.72 Å². The van der Waals surface area contributed by atoms with E-state index >= 15 is 0 Å². The first kappa shape index (κ1) is 15.0. The van der Waals surface area contributed by atoms with Gasteiger partial charge in [-0.05, 0) is 55.8 Å². The number of pyridine rings is 1. The Morgan fingerprint density at radius 2 is 1.60 bits per heavy atom. The van der Waals surface area contributed by atoms with Gasteiger partial charge in [-0.1, -0.05) is 11.6 Å².